The number of hydrogen-bond acceptors (Lipinski definition) is 4. The summed E-state index contributed by atoms with van der Waals surface area (Å²) in [7, 11) is 0. The van der Waals surface area contributed by atoms with Crippen molar-refractivity contribution in [1.29, 1.82) is 0 Å². The van der Waals surface area contributed by atoms with Crippen LogP contribution in [-0.4, -0.2) is 19.5 Å². The van der Waals surface area contributed by atoms with E-state index in [4.69, 9.17) is 5.73 Å². The van der Waals surface area contributed by atoms with Crippen LogP contribution in [0.2, 0.25) is 0 Å². The maximum atomic E-state index is 5.59. The Balaban J connectivity index is 2.55. The van der Waals surface area contributed by atoms with Crippen LogP contribution < -0.4 is 5.73 Å². The van der Waals surface area contributed by atoms with Crippen molar-refractivity contribution in [2.45, 2.75) is 27.3 Å². The van der Waals surface area contributed by atoms with Gasteiger partial charge in [-0.25, -0.2) is 15.0 Å². The number of aryl methyl sites for hydroxylation is 2. The average Bonchev–Trinajstić information content (AvgIpc) is 2.59. The summed E-state index contributed by atoms with van der Waals surface area (Å²) in [5, 5.41) is 0. The molecule has 16 heavy (non-hydrogen) atoms. The van der Waals surface area contributed by atoms with Crippen LogP contribution in [-0.2, 0) is 6.54 Å². The lowest BCUT2D eigenvalue weighted by Crippen LogP contribution is -2.08. The van der Waals surface area contributed by atoms with Gasteiger partial charge in [0.15, 0.2) is 0 Å². The van der Waals surface area contributed by atoms with E-state index in [9.17, 15) is 0 Å². The molecule has 2 heterocycles. The van der Waals surface area contributed by atoms with Gasteiger partial charge in [-0.05, 0) is 26.8 Å². The average molecular weight is 217 g/mol. The minimum Gasteiger partial charge on any atom is -0.325 e. The molecule has 0 fully saturated rings. The van der Waals surface area contributed by atoms with Crippen molar-refractivity contribution in [2.24, 2.45) is 5.73 Å². The lowest BCUT2D eigenvalue weighted by Gasteiger charge is -2.06. The molecule has 0 aliphatic rings. The van der Waals surface area contributed by atoms with Crippen molar-refractivity contribution < 1.29 is 0 Å². The van der Waals surface area contributed by atoms with Gasteiger partial charge in [-0.1, -0.05) is 0 Å². The predicted molar refractivity (Wildman–Crippen MR) is 61.3 cm³/mol. The van der Waals surface area contributed by atoms with E-state index < -0.39 is 0 Å². The second-order valence-corrected chi connectivity index (χ2v) is 3.79. The smallest absolute Gasteiger partial charge is 0.235 e. The van der Waals surface area contributed by atoms with Gasteiger partial charge in [0.1, 0.15) is 6.33 Å². The summed E-state index contributed by atoms with van der Waals surface area (Å²) in [6.45, 7) is 6.31. The van der Waals surface area contributed by atoms with Crippen molar-refractivity contribution >= 4 is 0 Å². The van der Waals surface area contributed by atoms with Crippen LogP contribution in [0.3, 0.4) is 0 Å². The first-order chi connectivity index (χ1) is 7.61. The highest BCUT2D eigenvalue weighted by Gasteiger charge is 2.08. The molecular formula is C11H15N5. The summed E-state index contributed by atoms with van der Waals surface area (Å²) in [4.78, 5) is 13.0. The Bertz CT molecular complexity index is 515. The minimum atomic E-state index is 0.420. The maximum Gasteiger partial charge on any atom is 0.235 e. The third-order valence-corrected chi connectivity index (χ3v) is 2.57. The summed E-state index contributed by atoms with van der Waals surface area (Å²) in [5.74, 6) is 0.638. The standard InChI is InChI=1S/C11H15N5/c1-7-4-10(5-12)15-11(14-7)16-6-13-8(2)9(16)3/h4,6H,5,12H2,1-3H3. The van der Waals surface area contributed by atoms with Gasteiger partial charge in [-0.3, -0.25) is 4.57 Å². The van der Waals surface area contributed by atoms with Crippen molar-refractivity contribution in [1.82, 2.24) is 19.5 Å². The molecular weight excluding hydrogens is 202 g/mol. The summed E-state index contributed by atoms with van der Waals surface area (Å²) >= 11 is 0. The lowest BCUT2D eigenvalue weighted by atomic mass is 10.3. The van der Waals surface area contributed by atoms with Crippen LogP contribution in [0.5, 0.6) is 0 Å². The van der Waals surface area contributed by atoms with Crippen LogP contribution in [0.4, 0.5) is 0 Å². The van der Waals surface area contributed by atoms with E-state index in [0.29, 0.717) is 12.5 Å². The molecule has 0 aliphatic heterocycles. The Morgan fingerprint density at radius 1 is 1.25 bits per heavy atom. The highest BCUT2D eigenvalue weighted by atomic mass is 15.2. The van der Waals surface area contributed by atoms with Gasteiger partial charge in [-0.2, -0.15) is 0 Å². The van der Waals surface area contributed by atoms with Crippen molar-refractivity contribution in [3.8, 4) is 5.95 Å². The molecule has 0 radical (unpaired) electrons. The molecule has 0 unspecified atom stereocenters. The van der Waals surface area contributed by atoms with Crippen molar-refractivity contribution in [2.75, 3.05) is 0 Å². The SMILES string of the molecule is Cc1cc(CN)nc(-n2cnc(C)c2C)n1. The highest BCUT2D eigenvalue weighted by molar-refractivity contribution is 5.24. The lowest BCUT2D eigenvalue weighted by molar-refractivity contribution is 0.844. The monoisotopic (exact) mass is 217 g/mol. The fourth-order valence-corrected chi connectivity index (χ4v) is 1.53. The van der Waals surface area contributed by atoms with E-state index >= 15 is 0 Å². The molecule has 5 heteroatoms. The zero-order chi connectivity index (χ0) is 11.7. The number of aromatic nitrogens is 4. The largest absolute Gasteiger partial charge is 0.325 e. The Morgan fingerprint density at radius 2 is 2.00 bits per heavy atom. The first-order valence-electron chi connectivity index (χ1n) is 5.17. The Morgan fingerprint density at radius 3 is 2.56 bits per heavy atom. The van der Waals surface area contributed by atoms with Crippen LogP contribution >= 0.6 is 0 Å². The van der Waals surface area contributed by atoms with Gasteiger partial charge in [0.2, 0.25) is 5.95 Å². The number of imidazole rings is 1. The predicted octanol–water partition coefficient (Wildman–Crippen LogP) is 1.05. The summed E-state index contributed by atoms with van der Waals surface area (Å²) < 4.78 is 1.88. The van der Waals surface area contributed by atoms with Crippen molar-refractivity contribution in [3.05, 3.63) is 35.2 Å². The van der Waals surface area contributed by atoms with Crippen LogP contribution in [0.1, 0.15) is 22.8 Å². The first kappa shape index (κ1) is 10.8. The zero-order valence-electron chi connectivity index (χ0n) is 9.73. The van der Waals surface area contributed by atoms with Crippen molar-refractivity contribution in [3.63, 3.8) is 0 Å². The quantitative estimate of drug-likeness (QED) is 0.816. The molecule has 0 saturated carbocycles. The van der Waals surface area contributed by atoms with E-state index in [1.54, 1.807) is 6.33 Å². The van der Waals surface area contributed by atoms with Gasteiger partial charge >= 0.3 is 0 Å². The fourth-order valence-electron chi connectivity index (χ4n) is 1.53. The molecule has 2 rings (SSSR count). The molecule has 2 N–H and O–H groups in total. The first-order valence-corrected chi connectivity index (χ1v) is 5.17. The van der Waals surface area contributed by atoms with Crippen LogP contribution in [0.25, 0.3) is 5.95 Å². The number of hydrogen-bond donors (Lipinski definition) is 1. The second-order valence-electron chi connectivity index (χ2n) is 3.79. The topological polar surface area (TPSA) is 69.6 Å². The van der Waals surface area contributed by atoms with E-state index in [-0.39, 0.29) is 0 Å². The Hall–Kier alpha value is -1.75. The van der Waals surface area contributed by atoms with Crippen LogP contribution in [0.15, 0.2) is 12.4 Å². The minimum absolute atomic E-state index is 0.420. The third kappa shape index (κ3) is 1.81. The Kier molecular flexibility index (Phi) is 2.70. The summed E-state index contributed by atoms with van der Waals surface area (Å²) in [6.07, 6.45) is 1.74. The van der Waals surface area contributed by atoms with Crippen LogP contribution in [0, 0.1) is 20.8 Å². The second kappa shape index (κ2) is 4.02. The normalized spacial score (nSPS) is 10.8. The Labute approximate surface area is 94.4 Å². The van der Waals surface area contributed by atoms with E-state index in [2.05, 4.69) is 15.0 Å². The number of nitrogens with zero attached hydrogens (tertiary/aromatic N) is 4. The zero-order valence-corrected chi connectivity index (χ0v) is 9.73. The fraction of sp³-hybridized carbons (Fsp3) is 0.364. The number of nitrogens with two attached hydrogens (primary N) is 1. The van der Waals surface area contributed by atoms with Gasteiger partial charge in [0, 0.05) is 17.9 Å². The van der Waals surface area contributed by atoms with Gasteiger partial charge < -0.3 is 5.73 Å². The molecule has 0 atom stereocenters. The summed E-state index contributed by atoms with van der Waals surface area (Å²) in [6, 6.07) is 1.89. The summed E-state index contributed by atoms with van der Waals surface area (Å²) in [5.41, 5.74) is 9.38. The molecule has 0 aromatic carbocycles. The van der Waals surface area contributed by atoms with Gasteiger partial charge in [-0.15, -0.1) is 0 Å². The molecule has 2 aromatic heterocycles. The number of rotatable bonds is 2. The molecule has 5 nitrogen and oxygen atoms in total. The molecule has 84 valence electrons. The maximum absolute atomic E-state index is 5.59. The van der Waals surface area contributed by atoms with Gasteiger partial charge in [0.05, 0.1) is 11.4 Å². The van der Waals surface area contributed by atoms with Gasteiger partial charge in [0.25, 0.3) is 0 Å². The molecule has 0 aliphatic carbocycles. The molecule has 2 aromatic rings. The highest BCUT2D eigenvalue weighted by Crippen LogP contribution is 2.11. The molecule has 0 spiro atoms. The molecule has 0 saturated heterocycles. The molecule has 0 amide bonds. The van der Waals surface area contributed by atoms with E-state index in [0.717, 1.165) is 22.8 Å². The van der Waals surface area contributed by atoms with E-state index in [1.165, 1.54) is 0 Å². The van der Waals surface area contributed by atoms with E-state index in [1.807, 2.05) is 31.4 Å². The molecule has 0 bridgehead atoms. The third-order valence-electron chi connectivity index (χ3n) is 2.57.